The van der Waals surface area contributed by atoms with E-state index < -0.39 is 74.6 Å². The van der Waals surface area contributed by atoms with Crippen LogP contribution in [0, 0.1) is 5.41 Å². The van der Waals surface area contributed by atoms with Crippen LogP contribution in [0.25, 0.3) is 0 Å². The molecule has 0 aromatic rings. The zero-order valence-corrected chi connectivity index (χ0v) is 30.0. The minimum atomic E-state index is -4.47. The van der Waals surface area contributed by atoms with Crippen LogP contribution in [0.4, 0.5) is 0 Å². The number of likely N-dealkylation sites (tertiary alicyclic amines) is 1. The van der Waals surface area contributed by atoms with Crippen molar-refractivity contribution in [3.63, 3.8) is 0 Å². The van der Waals surface area contributed by atoms with E-state index in [1.165, 1.54) is 35.5 Å². The Morgan fingerprint density at radius 2 is 1.75 bits per heavy atom. The molecule has 1 saturated heterocycles. The molecule has 0 spiro atoms. The van der Waals surface area contributed by atoms with E-state index in [0.29, 0.717) is 5.57 Å². The summed E-state index contributed by atoms with van der Waals surface area (Å²) < 4.78 is 18.0. The van der Waals surface area contributed by atoms with E-state index in [2.05, 4.69) is 43.6 Å². The number of aliphatic carboxylic acids is 1. The number of carboxylic acids is 1. The minimum Gasteiger partial charge on any atom is -0.479 e. The van der Waals surface area contributed by atoms with Crippen LogP contribution >= 0.6 is 7.60 Å². The number of nitrogens with one attached hydrogen (secondary N) is 2. The van der Waals surface area contributed by atoms with Crippen LogP contribution in [0.2, 0.25) is 0 Å². The highest BCUT2D eigenvalue weighted by Crippen LogP contribution is 2.43. The molecular formula is C34H54N3O10P. The van der Waals surface area contributed by atoms with Gasteiger partial charge >= 0.3 is 13.6 Å². The first-order valence-corrected chi connectivity index (χ1v) is 17.9. The maximum Gasteiger partial charge on any atom is 0.331 e. The lowest BCUT2D eigenvalue weighted by Gasteiger charge is -2.32. The lowest BCUT2D eigenvalue weighted by Crippen LogP contribution is -2.55. The van der Waals surface area contributed by atoms with E-state index >= 15 is 0 Å². The van der Waals surface area contributed by atoms with Gasteiger partial charge < -0.3 is 40.5 Å². The summed E-state index contributed by atoms with van der Waals surface area (Å²) in [6.45, 7) is 11.0. The van der Waals surface area contributed by atoms with E-state index in [9.17, 15) is 44.3 Å². The second-order valence-electron chi connectivity index (χ2n) is 13.7. The number of carboxylic acid groups (broad SMARTS) is 1. The number of allylic oxidation sites excluding steroid dienone is 9. The van der Waals surface area contributed by atoms with Gasteiger partial charge in [-0.3, -0.25) is 19.1 Å². The fraction of sp³-hybridized carbons (Fsp3) is 0.618. The topological polar surface area (TPSA) is 206 Å². The summed E-state index contributed by atoms with van der Waals surface area (Å²) in [5, 5.41) is 45.2. The van der Waals surface area contributed by atoms with Crippen molar-refractivity contribution in [2.24, 2.45) is 5.41 Å². The van der Waals surface area contributed by atoms with Gasteiger partial charge in [0, 0.05) is 26.1 Å². The predicted molar refractivity (Wildman–Crippen MR) is 183 cm³/mol. The molecule has 7 N–H and O–H groups in total. The van der Waals surface area contributed by atoms with Crippen molar-refractivity contribution >= 4 is 25.4 Å². The largest absolute Gasteiger partial charge is 0.479 e. The number of hydrogen-bond donors (Lipinski definition) is 7. The van der Waals surface area contributed by atoms with Crippen molar-refractivity contribution in [2.45, 2.75) is 97.6 Å². The third-order valence-corrected chi connectivity index (χ3v) is 10.2. The van der Waals surface area contributed by atoms with E-state index in [0.717, 1.165) is 25.3 Å². The van der Waals surface area contributed by atoms with Crippen molar-refractivity contribution < 1.29 is 48.8 Å². The molecule has 2 rings (SSSR count). The Bertz CT molecular complexity index is 1380. The standard InChI is InChI=1S/C34H54N3O10P/c1-22(13-14-26-24(3)12-9-15-33(26,5)6)10-8-11-23(2)18-29(40)36-34(7,32(43)44)21-47-48(45,46)17-16-37-27(19-35-25(4)39)30(41)31(42)28(37)20-38/h8,10-11,13-14,18,27-28,30-31,38,41-42H,9,12,15-17,19-21H2,1-7H3,(H,35,39)(H,36,40)(H,43,44)(H,45,46)/b11-8+,14-13+,22-10+,23-18+/t27-,28-,30-,31-,34?/m1/s1. The summed E-state index contributed by atoms with van der Waals surface area (Å²) in [4.78, 5) is 48.1. The summed E-state index contributed by atoms with van der Waals surface area (Å²) in [6.07, 6.45) is 11.0. The molecule has 6 atom stereocenters. The van der Waals surface area contributed by atoms with E-state index in [4.69, 9.17) is 4.52 Å². The lowest BCUT2D eigenvalue weighted by atomic mass is 9.72. The Hall–Kier alpha value is -2.90. The monoisotopic (exact) mass is 695 g/mol. The molecule has 0 aromatic heterocycles. The molecule has 1 aliphatic carbocycles. The number of aliphatic hydroxyl groups excluding tert-OH is 3. The molecule has 270 valence electrons. The fourth-order valence-corrected chi connectivity index (χ4v) is 7.08. The zero-order chi connectivity index (χ0) is 36.4. The molecule has 1 aliphatic heterocycles. The van der Waals surface area contributed by atoms with Crippen LogP contribution in [0.5, 0.6) is 0 Å². The van der Waals surface area contributed by atoms with Crippen molar-refractivity contribution in [2.75, 3.05) is 32.5 Å². The molecule has 48 heavy (non-hydrogen) atoms. The molecule has 2 aliphatic rings. The molecule has 14 heteroatoms. The first kappa shape index (κ1) is 41.3. The van der Waals surface area contributed by atoms with E-state index in [-0.39, 0.29) is 18.5 Å². The first-order valence-electron chi connectivity index (χ1n) is 16.1. The molecule has 2 amide bonds. The summed E-state index contributed by atoms with van der Waals surface area (Å²) in [7, 11) is -4.47. The highest BCUT2D eigenvalue weighted by atomic mass is 31.2. The van der Waals surface area contributed by atoms with Crippen molar-refractivity contribution in [1.82, 2.24) is 15.5 Å². The molecule has 0 bridgehead atoms. The fourth-order valence-electron chi connectivity index (χ4n) is 6.01. The molecule has 13 nitrogen and oxygen atoms in total. The average Bonchev–Trinajstić information content (AvgIpc) is 3.20. The molecule has 0 saturated carbocycles. The highest BCUT2D eigenvalue weighted by molar-refractivity contribution is 7.52. The zero-order valence-electron chi connectivity index (χ0n) is 29.1. The van der Waals surface area contributed by atoms with E-state index in [1.54, 1.807) is 19.1 Å². The smallest absolute Gasteiger partial charge is 0.331 e. The first-order chi connectivity index (χ1) is 22.2. The number of hydrogen-bond acceptors (Lipinski definition) is 9. The van der Waals surface area contributed by atoms with Crippen molar-refractivity contribution in [3.05, 3.63) is 58.7 Å². The molecule has 1 heterocycles. The lowest BCUT2D eigenvalue weighted by molar-refractivity contribution is -0.147. The van der Waals surface area contributed by atoms with Gasteiger partial charge in [-0.1, -0.05) is 55.4 Å². The van der Waals surface area contributed by atoms with Gasteiger partial charge in [-0.15, -0.1) is 0 Å². The van der Waals surface area contributed by atoms with Gasteiger partial charge in [-0.2, -0.15) is 0 Å². The summed E-state index contributed by atoms with van der Waals surface area (Å²) in [5.41, 5.74) is 2.40. The predicted octanol–water partition coefficient (Wildman–Crippen LogP) is 2.58. The second-order valence-corrected chi connectivity index (χ2v) is 15.6. The second kappa shape index (κ2) is 17.7. The van der Waals surface area contributed by atoms with Crippen molar-refractivity contribution in [1.29, 1.82) is 0 Å². The molecule has 1 fully saturated rings. The maximum atomic E-state index is 12.9. The number of carbonyl (C=O) groups excluding carboxylic acids is 2. The van der Waals surface area contributed by atoms with Gasteiger partial charge in [0.1, 0.15) is 0 Å². The normalized spacial score (nSPS) is 26.5. The molecule has 2 unspecified atom stereocenters. The van der Waals surface area contributed by atoms with Crippen molar-refractivity contribution in [3.8, 4) is 0 Å². The average molecular weight is 696 g/mol. The van der Waals surface area contributed by atoms with Gasteiger partial charge in [-0.05, 0) is 63.5 Å². The minimum absolute atomic E-state index is 0.0878. The summed E-state index contributed by atoms with van der Waals surface area (Å²) in [5.74, 6) is -2.62. The Labute approximate surface area is 283 Å². The van der Waals surface area contributed by atoms with Crippen LogP contribution in [0.1, 0.15) is 67.7 Å². The van der Waals surface area contributed by atoms with Gasteiger partial charge in [0.25, 0.3) is 0 Å². The molecular weight excluding hydrogens is 641 g/mol. The number of amides is 2. The third-order valence-electron chi connectivity index (χ3n) is 8.94. The van der Waals surface area contributed by atoms with Crippen LogP contribution in [-0.4, -0.2) is 110 Å². The number of aliphatic hydroxyl groups is 3. The molecule has 0 aromatic carbocycles. The van der Waals surface area contributed by atoms with Crippen LogP contribution in [0.15, 0.2) is 58.7 Å². The van der Waals surface area contributed by atoms with Gasteiger partial charge in [0.15, 0.2) is 5.54 Å². The Balaban J connectivity index is 2.02. The van der Waals surface area contributed by atoms with Gasteiger partial charge in [0.05, 0.1) is 43.7 Å². The summed E-state index contributed by atoms with van der Waals surface area (Å²) >= 11 is 0. The number of carbonyl (C=O) groups is 3. The summed E-state index contributed by atoms with van der Waals surface area (Å²) in [6, 6.07) is -1.83. The quantitative estimate of drug-likeness (QED) is 0.0710. The van der Waals surface area contributed by atoms with Gasteiger partial charge in [0.2, 0.25) is 11.8 Å². The van der Waals surface area contributed by atoms with Crippen LogP contribution in [-0.2, 0) is 23.5 Å². The molecule has 0 radical (unpaired) electrons. The SMILES string of the molecule is CC(=O)NC[C@@H]1[C@@H](O)[C@H](O)[C@@H](CO)N1CCP(=O)(O)OCC(C)(NC(=O)/C=C(C)/C=C/C=C(C)/C=C/C1=C(C)CCCC1(C)C)C(=O)O. The Kier molecular flexibility index (Phi) is 15.2. The maximum absolute atomic E-state index is 12.9. The van der Waals surface area contributed by atoms with Crippen LogP contribution in [0.3, 0.4) is 0 Å². The van der Waals surface area contributed by atoms with E-state index in [1.807, 2.05) is 13.0 Å². The Morgan fingerprint density at radius 1 is 1.10 bits per heavy atom. The third kappa shape index (κ3) is 11.9. The van der Waals surface area contributed by atoms with Crippen LogP contribution < -0.4 is 10.6 Å². The van der Waals surface area contributed by atoms with Gasteiger partial charge in [-0.25, -0.2) is 4.79 Å². The Morgan fingerprint density at radius 3 is 2.33 bits per heavy atom. The highest BCUT2D eigenvalue weighted by Gasteiger charge is 2.47. The number of nitrogens with zero attached hydrogens (tertiary/aromatic N) is 1. The number of rotatable bonds is 16.